The highest BCUT2D eigenvalue weighted by molar-refractivity contribution is 5.85. The van der Waals surface area contributed by atoms with E-state index < -0.39 is 11.2 Å². The molecule has 116 valence electrons. The number of aliphatic hydroxyl groups is 2. The first-order valence-electron chi connectivity index (χ1n) is 7.48. The molecule has 1 aromatic heterocycles. The van der Waals surface area contributed by atoms with Crippen molar-refractivity contribution in [1.82, 2.24) is 15.0 Å². The molecule has 0 radical (unpaired) electrons. The monoisotopic (exact) mass is 295 g/mol. The summed E-state index contributed by atoms with van der Waals surface area (Å²) in [4.78, 5) is 18.1. The van der Waals surface area contributed by atoms with E-state index in [9.17, 15) is 15.0 Å². The van der Waals surface area contributed by atoms with Crippen molar-refractivity contribution in [2.24, 2.45) is 0 Å². The van der Waals surface area contributed by atoms with Gasteiger partial charge >= 0.3 is 0 Å². The number of hydrogen-bond acceptors (Lipinski definition) is 6. The van der Waals surface area contributed by atoms with Crippen molar-refractivity contribution < 1.29 is 19.5 Å². The Bertz CT molecular complexity index is 538. The zero-order chi connectivity index (χ0) is 15.1. The molecule has 1 aliphatic heterocycles. The van der Waals surface area contributed by atoms with Crippen LogP contribution in [0.3, 0.4) is 0 Å². The molecular formula is C14H21N3O4. The summed E-state index contributed by atoms with van der Waals surface area (Å²) in [6.45, 7) is 2.16. The van der Waals surface area contributed by atoms with Crippen molar-refractivity contribution in [1.29, 1.82) is 0 Å². The fourth-order valence-corrected chi connectivity index (χ4v) is 3.27. The van der Waals surface area contributed by atoms with Gasteiger partial charge in [-0.1, -0.05) is 24.4 Å². The lowest BCUT2D eigenvalue weighted by Gasteiger charge is -2.34. The molecule has 0 aromatic carbocycles. The Morgan fingerprint density at radius 3 is 2.57 bits per heavy atom. The van der Waals surface area contributed by atoms with Gasteiger partial charge in [0.1, 0.15) is 5.60 Å². The Labute approximate surface area is 122 Å². The van der Waals surface area contributed by atoms with Crippen molar-refractivity contribution in [3.63, 3.8) is 0 Å². The van der Waals surface area contributed by atoms with Crippen LogP contribution in [0.25, 0.3) is 0 Å². The quantitative estimate of drug-likeness (QED) is 0.824. The highest BCUT2D eigenvalue weighted by Crippen LogP contribution is 2.35. The number of nitrogens with zero attached hydrogens (tertiary/aromatic N) is 3. The highest BCUT2D eigenvalue weighted by Gasteiger charge is 2.48. The molecule has 1 atom stereocenters. The number of rotatable bonds is 2. The first kappa shape index (κ1) is 14.5. The molecule has 21 heavy (non-hydrogen) atoms. The lowest BCUT2D eigenvalue weighted by atomic mass is 9.84. The predicted octanol–water partition coefficient (Wildman–Crippen LogP) is 0.493. The minimum absolute atomic E-state index is 0.0930. The Kier molecular flexibility index (Phi) is 3.49. The Hall–Kier alpha value is -1.47. The molecule has 2 fully saturated rings. The number of amides is 1. The van der Waals surface area contributed by atoms with Crippen LogP contribution in [-0.4, -0.2) is 49.9 Å². The smallest absolute Gasteiger partial charge is 0.260 e. The third-order valence-corrected chi connectivity index (χ3v) is 4.54. The maximum Gasteiger partial charge on any atom is 0.260 e. The first-order valence-corrected chi connectivity index (χ1v) is 7.48. The second-order valence-electron chi connectivity index (χ2n) is 6.25. The maximum absolute atomic E-state index is 12.5. The fraction of sp³-hybridized carbons (Fsp3) is 0.786. The number of carbonyl (C=O) groups is 1. The van der Waals surface area contributed by atoms with Gasteiger partial charge in [0.05, 0.1) is 6.54 Å². The standard InChI is InChI=1S/C14H21N3O4/c1-10-15-11(21-16-10)14(20)7-8-17(9-14)12(18)13(19)5-3-2-4-6-13/h19-20H,2-9H2,1H3. The molecule has 2 heterocycles. The molecule has 1 saturated carbocycles. The third kappa shape index (κ3) is 2.55. The van der Waals surface area contributed by atoms with Crippen LogP contribution >= 0.6 is 0 Å². The van der Waals surface area contributed by atoms with Crippen molar-refractivity contribution in [3.8, 4) is 0 Å². The SMILES string of the molecule is Cc1noc(C2(O)CCN(C(=O)C3(O)CCCCC3)C2)n1. The molecule has 1 saturated heterocycles. The lowest BCUT2D eigenvalue weighted by Crippen LogP contribution is -2.50. The third-order valence-electron chi connectivity index (χ3n) is 4.54. The van der Waals surface area contributed by atoms with Gasteiger partial charge in [-0.05, 0) is 19.8 Å². The van der Waals surface area contributed by atoms with Gasteiger partial charge in [0.2, 0.25) is 0 Å². The predicted molar refractivity (Wildman–Crippen MR) is 72.2 cm³/mol. The van der Waals surface area contributed by atoms with Crippen LogP contribution in [0.2, 0.25) is 0 Å². The summed E-state index contributed by atoms with van der Waals surface area (Å²) in [6, 6.07) is 0. The molecule has 2 aliphatic rings. The van der Waals surface area contributed by atoms with E-state index >= 15 is 0 Å². The second kappa shape index (κ2) is 5.06. The van der Waals surface area contributed by atoms with E-state index in [0.29, 0.717) is 31.6 Å². The van der Waals surface area contributed by atoms with Crippen molar-refractivity contribution in [2.45, 2.75) is 56.7 Å². The van der Waals surface area contributed by atoms with Gasteiger partial charge in [0.25, 0.3) is 11.8 Å². The molecule has 0 bridgehead atoms. The average Bonchev–Trinajstić information content (AvgIpc) is 3.06. The van der Waals surface area contributed by atoms with Crippen LogP contribution in [0.15, 0.2) is 4.52 Å². The average molecular weight is 295 g/mol. The van der Waals surface area contributed by atoms with E-state index in [1.807, 2.05) is 0 Å². The summed E-state index contributed by atoms with van der Waals surface area (Å²) in [7, 11) is 0. The summed E-state index contributed by atoms with van der Waals surface area (Å²) in [6.07, 6.45) is 4.13. The summed E-state index contributed by atoms with van der Waals surface area (Å²) in [5, 5.41) is 24.8. The molecule has 0 spiro atoms. The van der Waals surface area contributed by atoms with Crippen LogP contribution in [0.1, 0.15) is 50.2 Å². The normalized spacial score (nSPS) is 28.8. The van der Waals surface area contributed by atoms with Crippen molar-refractivity contribution >= 4 is 5.91 Å². The highest BCUT2D eigenvalue weighted by atomic mass is 16.5. The summed E-state index contributed by atoms with van der Waals surface area (Å²) in [5.74, 6) is 0.314. The van der Waals surface area contributed by atoms with E-state index in [2.05, 4.69) is 10.1 Å². The summed E-state index contributed by atoms with van der Waals surface area (Å²) in [5.41, 5.74) is -2.57. The van der Waals surface area contributed by atoms with Crippen LogP contribution in [0, 0.1) is 6.92 Å². The van der Waals surface area contributed by atoms with Gasteiger partial charge in [-0.15, -0.1) is 0 Å². The van der Waals surface area contributed by atoms with Gasteiger partial charge in [0.15, 0.2) is 11.4 Å². The van der Waals surface area contributed by atoms with Crippen LogP contribution < -0.4 is 0 Å². The fourth-order valence-electron chi connectivity index (χ4n) is 3.27. The molecule has 7 heteroatoms. The summed E-state index contributed by atoms with van der Waals surface area (Å²) >= 11 is 0. The maximum atomic E-state index is 12.5. The van der Waals surface area contributed by atoms with E-state index in [0.717, 1.165) is 19.3 Å². The molecule has 1 aliphatic carbocycles. The number of likely N-dealkylation sites (tertiary alicyclic amines) is 1. The van der Waals surface area contributed by atoms with Gasteiger partial charge in [0, 0.05) is 13.0 Å². The number of β-amino-alcohol motifs (C(OH)–C–C–N with tert-alkyl or cyclic N) is 1. The molecule has 7 nitrogen and oxygen atoms in total. The largest absolute Gasteiger partial charge is 0.380 e. The Balaban J connectivity index is 1.73. The molecule has 1 amide bonds. The van der Waals surface area contributed by atoms with Crippen molar-refractivity contribution in [3.05, 3.63) is 11.7 Å². The first-order chi connectivity index (χ1) is 9.93. The zero-order valence-electron chi connectivity index (χ0n) is 12.2. The molecule has 2 N–H and O–H groups in total. The van der Waals surface area contributed by atoms with E-state index in [1.54, 1.807) is 6.92 Å². The Morgan fingerprint density at radius 1 is 1.24 bits per heavy atom. The molecular weight excluding hydrogens is 274 g/mol. The van der Waals surface area contributed by atoms with Crippen molar-refractivity contribution in [2.75, 3.05) is 13.1 Å². The van der Waals surface area contributed by atoms with Crippen LogP contribution in [0.5, 0.6) is 0 Å². The molecule has 1 aromatic rings. The van der Waals surface area contributed by atoms with Gasteiger partial charge in [-0.25, -0.2) is 0 Å². The van der Waals surface area contributed by atoms with E-state index in [1.165, 1.54) is 4.90 Å². The minimum atomic E-state index is -1.30. The topological polar surface area (TPSA) is 99.7 Å². The number of carbonyl (C=O) groups excluding carboxylic acids is 1. The zero-order valence-corrected chi connectivity index (χ0v) is 12.2. The second-order valence-corrected chi connectivity index (χ2v) is 6.25. The van der Waals surface area contributed by atoms with Gasteiger partial charge < -0.3 is 19.6 Å². The number of aryl methyl sites for hydroxylation is 1. The van der Waals surface area contributed by atoms with Gasteiger partial charge in [-0.2, -0.15) is 4.98 Å². The van der Waals surface area contributed by atoms with E-state index in [4.69, 9.17) is 4.52 Å². The molecule has 3 rings (SSSR count). The Morgan fingerprint density at radius 2 is 1.95 bits per heavy atom. The minimum Gasteiger partial charge on any atom is -0.380 e. The van der Waals surface area contributed by atoms with E-state index in [-0.39, 0.29) is 18.3 Å². The lowest BCUT2D eigenvalue weighted by molar-refractivity contribution is -0.154. The summed E-state index contributed by atoms with van der Waals surface area (Å²) < 4.78 is 5.04. The number of hydrogen-bond donors (Lipinski definition) is 2. The van der Waals surface area contributed by atoms with Crippen LogP contribution in [0.4, 0.5) is 0 Å². The van der Waals surface area contributed by atoms with Crippen LogP contribution in [-0.2, 0) is 10.4 Å². The number of aromatic nitrogens is 2. The van der Waals surface area contributed by atoms with Gasteiger partial charge in [-0.3, -0.25) is 4.79 Å². The molecule has 1 unspecified atom stereocenters.